The van der Waals surface area contributed by atoms with Gasteiger partial charge in [-0.3, -0.25) is 14.2 Å². The van der Waals surface area contributed by atoms with Crippen molar-refractivity contribution in [2.45, 2.75) is 251 Å². The van der Waals surface area contributed by atoms with Crippen molar-refractivity contribution in [3.8, 4) is 0 Å². The van der Waals surface area contributed by atoms with E-state index in [2.05, 4.69) is 129 Å². The number of carbonyl (C=O) groups excluding carboxylic acids is 2. The monoisotopic (exact) mass is 1110 g/mol. The first kappa shape index (κ1) is 74.4. The van der Waals surface area contributed by atoms with Crippen LogP contribution in [0.2, 0.25) is 0 Å². The second-order valence-corrected chi connectivity index (χ2v) is 23.1. The fourth-order valence-corrected chi connectivity index (χ4v) is 8.91. The predicted octanol–water partition coefficient (Wildman–Crippen LogP) is 19.3. The minimum absolute atomic E-state index is 0.0478. The second-order valence-electron chi connectivity index (χ2n) is 21.7. The normalized spacial score (nSPS) is 14.1. The van der Waals surface area contributed by atoms with Gasteiger partial charge in [-0.15, -0.1) is 0 Å². The standard InChI is InChI=1S/C68H116NO8P/c1-6-8-10-12-14-16-18-20-22-24-26-28-30-32-33-34-35-37-39-41-43-45-47-49-51-53-55-57-59-61-68(71)77-66(65-76-78(72,73)75-63-62-69(3,4)5)64-74-67(70)60-58-56-54-52-50-48-46-44-42-40-38-36-31-29-27-25-23-21-19-17-15-13-11-9-7-2/h8,10,14,16,20,22,25-28,32-33,35,37,41,43,47,49,53,55,66H,6-7,9,11-13,15,17-19,21,23-24,29-31,34,36,38-40,42,44-46,48,50-52,54,56-65H2,1-5H3/b10-8-,16-14-,22-20-,27-25-,28-26-,33-32-,37-35-,43-41-,49-47-,55-53-. The van der Waals surface area contributed by atoms with Crippen molar-refractivity contribution in [2.75, 3.05) is 47.5 Å². The molecule has 2 unspecified atom stereocenters. The molecule has 2 atom stereocenters. The van der Waals surface area contributed by atoms with Gasteiger partial charge in [0.05, 0.1) is 27.7 Å². The van der Waals surface area contributed by atoms with E-state index in [1.54, 1.807) is 0 Å². The third-order valence-corrected chi connectivity index (χ3v) is 13.9. The largest absolute Gasteiger partial charge is 0.756 e. The summed E-state index contributed by atoms with van der Waals surface area (Å²) in [5.41, 5.74) is 0. The molecule has 0 spiro atoms. The molecule has 0 aliphatic carbocycles. The molecule has 0 rings (SSSR count). The van der Waals surface area contributed by atoms with E-state index in [0.29, 0.717) is 23.9 Å². The van der Waals surface area contributed by atoms with Crippen LogP contribution in [0.1, 0.15) is 245 Å². The number of quaternary nitrogens is 1. The first-order chi connectivity index (χ1) is 38.0. The quantitative estimate of drug-likeness (QED) is 0.0195. The Labute approximate surface area is 479 Å². The van der Waals surface area contributed by atoms with Crippen molar-refractivity contribution < 1.29 is 42.1 Å². The van der Waals surface area contributed by atoms with Gasteiger partial charge >= 0.3 is 11.9 Å². The van der Waals surface area contributed by atoms with Gasteiger partial charge in [0.25, 0.3) is 7.82 Å². The number of ether oxygens (including phenoxy) is 2. The topological polar surface area (TPSA) is 111 Å². The molecule has 0 aliphatic heterocycles. The molecule has 0 aliphatic rings. The summed E-state index contributed by atoms with van der Waals surface area (Å²) < 4.78 is 34.1. The summed E-state index contributed by atoms with van der Waals surface area (Å²) in [6.45, 7) is 4.06. The molecule has 0 amide bonds. The van der Waals surface area contributed by atoms with E-state index in [0.717, 1.165) is 77.0 Å². The molecule has 0 aromatic carbocycles. The van der Waals surface area contributed by atoms with Crippen LogP contribution < -0.4 is 4.89 Å². The second kappa shape index (κ2) is 58.1. The molecule has 0 aromatic rings. The zero-order valence-corrected chi connectivity index (χ0v) is 51.5. The lowest BCUT2D eigenvalue weighted by molar-refractivity contribution is -0.870. The fraction of sp³-hybridized carbons (Fsp3) is 0.676. The van der Waals surface area contributed by atoms with Crippen LogP contribution in [-0.4, -0.2) is 70.0 Å². The van der Waals surface area contributed by atoms with Gasteiger partial charge in [-0.05, 0) is 103 Å². The van der Waals surface area contributed by atoms with Crippen molar-refractivity contribution in [2.24, 2.45) is 0 Å². The Hall–Kier alpha value is -3.59. The first-order valence-electron chi connectivity index (χ1n) is 31.2. The summed E-state index contributed by atoms with van der Waals surface area (Å²) in [5.74, 6) is -0.907. The Kier molecular flexibility index (Phi) is 55.4. The smallest absolute Gasteiger partial charge is 0.306 e. The Morgan fingerprint density at radius 1 is 0.410 bits per heavy atom. The summed E-state index contributed by atoms with van der Waals surface area (Å²) in [7, 11) is 1.12. The van der Waals surface area contributed by atoms with Gasteiger partial charge in [0.1, 0.15) is 19.8 Å². The van der Waals surface area contributed by atoms with Gasteiger partial charge in [-0.1, -0.05) is 251 Å². The molecule has 9 nitrogen and oxygen atoms in total. The summed E-state index contributed by atoms with van der Waals surface area (Å²) in [6.07, 6.45) is 82.6. The van der Waals surface area contributed by atoms with Gasteiger partial charge in [-0.2, -0.15) is 0 Å². The van der Waals surface area contributed by atoms with Crippen molar-refractivity contribution in [3.63, 3.8) is 0 Å². The Morgan fingerprint density at radius 3 is 1.14 bits per heavy atom. The molecular weight excluding hydrogens is 990 g/mol. The third kappa shape index (κ3) is 61.6. The van der Waals surface area contributed by atoms with Crippen LogP contribution in [-0.2, 0) is 32.7 Å². The molecular formula is C68H116NO8P. The lowest BCUT2D eigenvalue weighted by atomic mass is 10.0. The molecule has 0 heterocycles. The number of likely N-dealkylation sites (N-methyl/N-ethyl adjacent to an activating group) is 1. The summed E-state index contributed by atoms with van der Waals surface area (Å²) in [6, 6.07) is 0. The van der Waals surface area contributed by atoms with Crippen molar-refractivity contribution >= 4 is 19.8 Å². The molecule has 10 heteroatoms. The van der Waals surface area contributed by atoms with Crippen molar-refractivity contribution in [3.05, 3.63) is 122 Å². The van der Waals surface area contributed by atoms with Crippen molar-refractivity contribution in [1.82, 2.24) is 0 Å². The zero-order chi connectivity index (χ0) is 57.0. The number of rotatable bonds is 56. The number of esters is 2. The molecule has 0 saturated heterocycles. The molecule has 0 N–H and O–H groups in total. The van der Waals surface area contributed by atoms with E-state index < -0.39 is 32.5 Å². The van der Waals surface area contributed by atoms with E-state index in [-0.39, 0.29) is 26.1 Å². The van der Waals surface area contributed by atoms with Crippen LogP contribution in [0.15, 0.2) is 122 Å². The maximum absolute atomic E-state index is 12.8. The molecule has 0 aromatic heterocycles. The Balaban J connectivity index is 4.27. The number of hydrogen-bond acceptors (Lipinski definition) is 8. The SMILES string of the molecule is CC/C=C\C/C=C\C/C=C\C/C=C\C/C=C\C/C=C\C/C=C\C/C=C\C/C=C\CCCC(=O)OC(COC(=O)CCCCCCCCCCCCCCC/C=C\CCCCCCCCCC)COP(=O)([O-])OCC[N+](C)(C)C. The van der Waals surface area contributed by atoms with E-state index in [1.807, 2.05) is 27.2 Å². The number of unbranched alkanes of at least 4 members (excludes halogenated alkanes) is 22. The van der Waals surface area contributed by atoms with Crippen LogP contribution in [0.5, 0.6) is 0 Å². The number of phosphoric ester groups is 1. The van der Waals surface area contributed by atoms with E-state index in [1.165, 1.54) is 128 Å². The van der Waals surface area contributed by atoms with Crippen LogP contribution >= 0.6 is 7.82 Å². The van der Waals surface area contributed by atoms with Gasteiger partial charge in [0, 0.05) is 12.8 Å². The summed E-state index contributed by atoms with van der Waals surface area (Å²) >= 11 is 0. The third-order valence-electron chi connectivity index (χ3n) is 13.0. The minimum atomic E-state index is -4.66. The first-order valence-corrected chi connectivity index (χ1v) is 32.7. The maximum Gasteiger partial charge on any atom is 0.306 e. The molecule has 0 radical (unpaired) electrons. The van der Waals surface area contributed by atoms with Crippen LogP contribution in [0.4, 0.5) is 0 Å². The van der Waals surface area contributed by atoms with Gasteiger partial charge in [-0.25, -0.2) is 0 Å². The number of phosphoric acid groups is 1. The Morgan fingerprint density at radius 2 is 0.744 bits per heavy atom. The van der Waals surface area contributed by atoms with Crippen LogP contribution in [0, 0.1) is 0 Å². The van der Waals surface area contributed by atoms with Crippen molar-refractivity contribution in [1.29, 1.82) is 0 Å². The van der Waals surface area contributed by atoms with Gasteiger partial charge < -0.3 is 27.9 Å². The molecule has 0 saturated carbocycles. The highest BCUT2D eigenvalue weighted by molar-refractivity contribution is 7.45. The molecule has 0 bridgehead atoms. The van der Waals surface area contributed by atoms with E-state index >= 15 is 0 Å². The number of nitrogens with zero attached hydrogens (tertiary/aromatic N) is 1. The highest BCUT2D eigenvalue weighted by atomic mass is 31.2. The van der Waals surface area contributed by atoms with E-state index in [9.17, 15) is 19.0 Å². The average molecular weight is 1110 g/mol. The van der Waals surface area contributed by atoms with Gasteiger partial charge in [0.15, 0.2) is 6.10 Å². The predicted molar refractivity (Wildman–Crippen MR) is 332 cm³/mol. The Bertz CT molecular complexity index is 1730. The van der Waals surface area contributed by atoms with Gasteiger partial charge in [0.2, 0.25) is 0 Å². The minimum Gasteiger partial charge on any atom is -0.756 e. The highest BCUT2D eigenvalue weighted by Crippen LogP contribution is 2.38. The summed E-state index contributed by atoms with van der Waals surface area (Å²) in [4.78, 5) is 37.9. The lowest BCUT2D eigenvalue weighted by Gasteiger charge is -2.28. The van der Waals surface area contributed by atoms with Crippen LogP contribution in [0.25, 0.3) is 0 Å². The zero-order valence-electron chi connectivity index (χ0n) is 50.6. The van der Waals surface area contributed by atoms with E-state index in [4.69, 9.17) is 18.5 Å². The highest BCUT2D eigenvalue weighted by Gasteiger charge is 2.21. The maximum atomic E-state index is 12.8. The number of hydrogen-bond donors (Lipinski definition) is 0. The van der Waals surface area contributed by atoms with Crippen LogP contribution in [0.3, 0.4) is 0 Å². The molecule has 0 fully saturated rings. The molecule has 78 heavy (non-hydrogen) atoms. The lowest BCUT2D eigenvalue weighted by Crippen LogP contribution is -2.37. The summed E-state index contributed by atoms with van der Waals surface area (Å²) in [5, 5.41) is 0. The average Bonchev–Trinajstić information content (AvgIpc) is 3.41. The number of carbonyl (C=O) groups is 2. The fourth-order valence-electron chi connectivity index (χ4n) is 8.18. The molecule has 446 valence electrons. The number of allylic oxidation sites excluding steroid dienone is 20.